The zero-order valence-corrected chi connectivity index (χ0v) is 16.3. The van der Waals surface area contributed by atoms with E-state index in [2.05, 4.69) is 15.6 Å². The number of amides is 2. The zero-order valence-electron chi connectivity index (χ0n) is 16.3. The Bertz CT molecular complexity index is 1080. The monoisotopic (exact) mass is 394 g/mol. The minimum atomic E-state index is -0.675. The summed E-state index contributed by atoms with van der Waals surface area (Å²) in [6.07, 6.45) is -0.109. The van der Waals surface area contributed by atoms with E-state index < -0.39 is 6.10 Å². The predicted molar refractivity (Wildman–Crippen MR) is 108 cm³/mol. The molecule has 150 valence electrons. The summed E-state index contributed by atoms with van der Waals surface area (Å²) in [6, 6.07) is 12.9. The number of hydrogen-bond donors (Lipinski definition) is 2. The fraction of sp³-hybridized carbons (Fsp3) is 0.286. The zero-order chi connectivity index (χ0) is 20.4. The standard InChI is InChI=1S/C21H22N4O4/c1-13(26)23-14-7-8-16-15(11-14)24-20(25(16)2)9-10-22-21(27)19-12-28-17-5-3-4-6-18(17)29-19/h3-8,11,19H,9-10,12H2,1-2H3,(H,22,27)(H,23,26). The number of anilines is 1. The Balaban J connectivity index is 1.37. The van der Waals surface area contributed by atoms with Gasteiger partial charge in [0.05, 0.1) is 11.0 Å². The highest BCUT2D eigenvalue weighted by molar-refractivity contribution is 5.91. The Morgan fingerprint density at radius 3 is 2.79 bits per heavy atom. The van der Waals surface area contributed by atoms with Crippen molar-refractivity contribution in [2.75, 3.05) is 18.5 Å². The highest BCUT2D eigenvalue weighted by atomic mass is 16.6. The number of benzene rings is 2. The summed E-state index contributed by atoms with van der Waals surface area (Å²) in [5.41, 5.74) is 2.46. The maximum absolute atomic E-state index is 12.4. The molecule has 2 heterocycles. The number of imidazole rings is 1. The number of ether oxygens (including phenoxy) is 2. The second-order valence-electron chi connectivity index (χ2n) is 6.88. The molecule has 3 aromatic rings. The third-order valence-electron chi connectivity index (χ3n) is 4.74. The molecule has 4 rings (SSSR count). The Kier molecular flexibility index (Phi) is 5.07. The molecule has 1 atom stereocenters. The van der Waals surface area contributed by atoms with Crippen molar-refractivity contribution in [3.8, 4) is 11.5 Å². The molecule has 29 heavy (non-hydrogen) atoms. The van der Waals surface area contributed by atoms with Gasteiger partial charge in [-0.05, 0) is 30.3 Å². The molecule has 8 nitrogen and oxygen atoms in total. The lowest BCUT2D eigenvalue weighted by molar-refractivity contribution is -0.130. The van der Waals surface area contributed by atoms with Crippen molar-refractivity contribution < 1.29 is 19.1 Å². The van der Waals surface area contributed by atoms with Gasteiger partial charge in [-0.1, -0.05) is 12.1 Å². The van der Waals surface area contributed by atoms with E-state index in [9.17, 15) is 9.59 Å². The van der Waals surface area contributed by atoms with Crippen molar-refractivity contribution in [2.24, 2.45) is 7.05 Å². The molecule has 1 aliphatic rings. The Hall–Kier alpha value is -3.55. The summed E-state index contributed by atoms with van der Waals surface area (Å²) >= 11 is 0. The lowest BCUT2D eigenvalue weighted by Crippen LogP contribution is -2.44. The molecule has 1 aliphatic heterocycles. The number of rotatable bonds is 5. The Labute approximate surface area is 167 Å². The first-order chi connectivity index (χ1) is 14.0. The molecule has 0 saturated heterocycles. The third kappa shape index (κ3) is 4.01. The first kappa shape index (κ1) is 18.8. The number of carbonyl (C=O) groups is 2. The van der Waals surface area contributed by atoms with E-state index in [1.165, 1.54) is 6.92 Å². The van der Waals surface area contributed by atoms with Gasteiger partial charge in [0.2, 0.25) is 12.0 Å². The van der Waals surface area contributed by atoms with Gasteiger partial charge in [0.15, 0.2) is 11.5 Å². The smallest absolute Gasteiger partial charge is 0.264 e. The summed E-state index contributed by atoms with van der Waals surface area (Å²) < 4.78 is 13.3. The Morgan fingerprint density at radius 1 is 1.21 bits per heavy atom. The molecule has 0 fully saturated rings. The van der Waals surface area contributed by atoms with Crippen molar-refractivity contribution in [3.05, 3.63) is 48.3 Å². The molecule has 0 radical (unpaired) electrons. The van der Waals surface area contributed by atoms with E-state index in [-0.39, 0.29) is 18.4 Å². The average molecular weight is 394 g/mol. The number of fused-ring (bicyclic) bond motifs is 2. The van der Waals surface area contributed by atoms with Crippen LogP contribution < -0.4 is 20.1 Å². The van der Waals surface area contributed by atoms with E-state index in [0.29, 0.717) is 30.2 Å². The SMILES string of the molecule is CC(=O)Nc1ccc2c(c1)nc(CCNC(=O)C1COc3ccccc3O1)n2C. The van der Waals surface area contributed by atoms with E-state index in [1.54, 1.807) is 6.07 Å². The van der Waals surface area contributed by atoms with Crippen LogP contribution in [0, 0.1) is 0 Å². The van der Waals surface area contributed by atoms with Crippen LogP contribution in [0.3, 0.4) is 0 Å². The van der Waals surface area contributed by atoms with Crippen LogP contribution in [0.2, 0.25) is 0 Å². The molecule has 2 amide bonds. The van der Waals surface area contributed by atoms with Crippen LogP contribution >= 0.6 is 0 Å². The van der Waals surface area contributed by atoms with Crippen LogP contribution in [0.4, 0.5) is 5.69 Å². The number of hydrogen-bond acceptors (Lipinski definition) is 5. The van der Waals surface area contributed by atoms with Gasteiger partial charge in [-0.15, -0.1) is 0 Å². The van der Waals surface area contributed by atoms with E-state index in [0.717, 1.165) is 16.9 Å². The second-order valence-corrected chi connectivity index (χ2v) is 6.88. The van der Waals surface area contributed by atoms with Gasteiger partial charge in [-0.3, -0.25) is 9.59 Å². The summed E-state index contributed by atoms with van der Waals surface area (Å²) in [6.45, 7) is 2.08. The van der Waals surface area contributed by atoms with Crippen molar-refractivity contribution in [1.82, 2.24) is 14.9 Å². The molecule has 0 bridgehead atoms. The number of para-hydroxylation sites is 2. The maximum Gasteiger partial charge on any atom is 0.264 e. The van der Waals surface area contributed by atoms with Crippen LogP contribution in [0.15, 0.2) is 42.5 Å². The van der Waals surface area contributed by atoms with Crippen molar-refractivity contribution in [2.45, 2.75) is 19.4 Å². The number of aromatic nitrogens is 2. The van der Waals surface area contributed by atoms with Gasteiger partial charge in [-0.2, -0.15) is 0 Å². The molecule has 8 heteroatoms. The summed E-state index contributed by atoms with van der Waals surface area (Å²) in [5.74, 6) is 1.72. The van der Waals surface area contributed by atoms with Crippen LogP contribution in [-0.2, 0) is 23.1 Å². The van der Waals surface area contributed by atoms with E-state index in [1.807, 2.05) is 48.0 Å². The number of nitrogens with zero attached hydrogens (tertiary/aromatic N) is 2. The molecule has 0 saturated carbocycles. The van der Waals surface area contributed by atoms with Crippen LogP contribution in [0.25, 0.3) is 11.0 Å². The van der Waals surface area contributed by atoms with Crippen LogP contribution in [-0.4, -0.2) is 40.6 Å². The Morgan fingerprint density at radius 2 is 2.00 bits per heavy atom. The van der Waals surface area contributed by atoms with E-state index >= 15 is 0 Å². The number of aryl methyl sites for hydroxylation is 1. The summed E-state index contributed by atoms with van der Waals surface area (Å²) in [7, 11) is 1.93. The molecular formula is C21H22N4O4. The minimum absolute atomic E-state index is 0.125. The van der Waals surface area contributed by atoms with E-state index in [4.69, 9.17) is 9.47 Å². The maximum atomic E-state index is 12.4. The molecular weight excluding hydrogens is 372 g/mol. The molecule has 1 aromatic heterocycles. The predicted octanol–water partition coefficient (Wildman–Crippen LogP) is 2.03. The van der Waals surface area contributed by atoms with Gasteiger partial charge in [0.1, 0.15) is 12.4 Å². The van der Waals surface area contributed by atoms with Crippen LogP contribution in [0.5, 0.6) is 11.5 Å². The molecule has 0 aliphatic carbocycles. The highest BCUT2D eigenvalue weighted by Crippen LogP contribution is 2.30. The fourth-order valence-electron chi connectivity index (χ4n) is 3.31. The van der Waals surface area contributed by atoms with Gasteiger partial charge in [0, 0.05) is 32.6 Å². The summed E-state index contributed by atoms with van der Waals surface area (Å²) in [4.78, 5) is 28.3. The van der Waals surface area contributed by atoms with Crippen molar-refractivity contribution in [1.29, 1.82) is 0 Å². The highest BCUT2D eigenvalue weighted by Gasteiger charge is 2.27. The lowest BCUT2D eigenvalue weighted by atomic mass is 10.2. The normalized spacial score (nSPS) is 15.2. The first-order valence-electron chi connectivity index (χ1n) is 9.40. The van der Waals surface area contributed by atoms with Gasteiger partial charge >= 0.3 is 0 Å². The molecule has 2 N–H and O–H groups in total. The summed E-state index contributed by atoms with van der Waals surface area (Å²) in [5, 5.41) is 5.64. The average Bonchev–Trinajstić information content (AvgIpc) is 3.02. The quantitative estimate of drug-likeness (QED) is 0.691. The van der Waals surface area contributed by atoms with Gasteiger partial charge in [-0.25, -0.2) is 4.98 Å². The van der Waals surface area contributed by atoms with Crippen molar-refractivity contribution in [3.63, 3.8) is 0 Å². The number of nitrogens with one attached hydrogen (secondary N) is 2. The van der Waals surface area contributed by atoms with Gasteiger partial charge < -0.3 is 24.7 Å². The van der Waals surface area contributed by atoms with Gasteiger partial charge in [0.25, 0.3) is 5.91 Å². The lowest BCUT2D eigenvalue weighted by Gasteiger charge is -2.25. The second kappa shape index (κ2) is 7.83. The molecule has 1 unspecified atom stereocenters. The largest absolute Gasteiger partial charge is 0.485 e. The molecule has 0 spiro atoms. The topological polar surface area (TPSA) is 94.5 Å². The molecule has 2 aromatic carbocycles. The first-order valence-corrected chi connectivity index (χ1v) is 9.40. The number of carbonyl (C=O) groups excluding carboxylic acids is 2. The fourth-order valence-corrected chi connectivity index (χ4v) is 3.31. The van der Waals surface area contributed by atoms with Crippen LogP contribution in [0.1, 0.15) is 12.7 Å². The van der Waals surface area contributed by atoms with Crippen molar-refractivity contribution >= 4 is 28.5 Å². The third-order valence-corrected chi connectivity index (χ3v) is 4.74. The minimum Gasteiger partial charge on any atom is -0.485 e.